The van der Waals surface area contributed by atoms with Crippen molar-refractivity contribution in [1.29, 1.82) is 0 Å². The zero-order chi connectivity index (χ0) is 22.4. The molecule has 0 N–H and O–H groups in total. The van der Waals surface area contributed by atoms with Gasteiger partial charge in [-0.25, -0.2) is 0 Å². The van der Waals surface area contributed by atoms with Gasteiger partial charge in [0.2, 0.25) is 0 Å². The van der Waals surface area contributed by atoms with Crippen LogP contribution in [0.15, 0.2) is 48.5 Å². The molecule has 1 heterocycles. The van der Waals surface area contributed by atoms with Gasteiger partial charge in [0, 0.05) is 38.8 Å². The molecule has 1 saturated heterocycles. The van der Waals surface area contributed by atoms with Crippen molar-refractivity contribution in [2.75, 3.05) is 39.3 Å². The molecule has 1 aliphatic heterocycles. The Hall–Kier alpha value is -3.14. The van der Waals surface area contributed by atoms with Gasteiger partial charge in [-0.2, -0.15) is 13.2 Å². The van der Waals surface area contributed by atoms with E-state index in [1.165, 1.54) is 10.5 Å². The molecule has 0 spiro atoms. The second-order valence-electron chi connectivity index (χ2n) is 7.21. The molecule has 2 aromatic carbocycles. The van der Waals surface area contributed by atoms with Crippen LogP contribution in [0.5, 0.6) is 5.75 Å². The van der Waals surface area contributed by atoms with Crippen LogP contribution in [-0.2, 0) is 6.42 Å². The van der Waals surface area contributed by atoms with E-state index < -0.39 is 29.3 Å². The first-order valence-corrected chi connectivity index (χ1v) is 9.76. The molecule has 1 fully saturated rings. The minimum Gasteiger partial charge on any atom is -0.484 e. The molecular weight excluding hydrogens is 415 g/mol. The normalized spacial score (nSPS) is 15.0. The van der Waals surface area contributed by atoms with Gasteiger partial charge in [-0.3, -0.25) is 19.8 Å². The molecule has 0 unspecified atom stereocenters. The van der Waals surface area contributed by atoms with Gasteiger partial charge >= 0.3 is 6.18 Å². The van der Waals surface area contributed by atoms with E-state index in [4.69, 9.17) is 0 Å². The van der Waals surface area contributed by atoms with Crippen molar-refractivity contribution < 1.29 is 27.6 Å². The SMILES string of the molecule is O=C(c1cc(OCC(F)(F)F)ccc1[N+](=O)[O-])N1CCN(CCc2ccccc2)CC1. The van der Waals surface area contributed by atoms with Crippen LogP contribution in [-0.4, -0.2) is 66.1 Å². The minimum atomic E-state index is -4.55. The Morgan fingerprint density at radius 1 is 1.06 bits per heavy atom. The van der Waals surface area contributed by atoms with Gasteiger partial charge < -0.3 is 9.64 Å². The lowest BCUT2D eigenvalue weighted by Crippen LogP contribution is -2.49. The number of benzene rings is 2. The summed E-state index contributed by atoms with van der Waals surface area (Å²) in [6.45, 7) is 1.25. The predicted molar refractivity (Wildman–Crippen MR) is 107 cm³/mol. The fourth-order valence-corrected chi connectivity index (χ4v) is 3.38. The summed E-state index contributed by atoms with van der Waals surface area (Å²) in [5.41, 5.74) is 0.477. The average Bonchev–Trinajstić information content (AvgIpc) is 2.76. The van der Waals surface area contributed by atoms with Gasteiger partial charge in [0.05, 0.1) is 4.92 Å². The number of piperazine rings is 1. The molecule has 3 rings (SSSR count). The summed E-state index contributed by atoms with van der Waals surface area (Å²) in [5, 5.41) is 11.3. The number of hydrogen-bond acceptors (Lipinski definition) is 5. The molecule has 0 atom stereocenters. The number of nitrogens with zero attached hydrogens (tertiary/aromatic N) is 3. The first-order valence-electron chi connectivity index (χ1n) is 9.76. The Kier molecular flexibility index (Phi) is 7.11. The fraction of sp³-hybridized carbons (Fsp3) is 0.381. The van der Waals surface area contributed by atoms with Crippen LogP contribution in [0.25, 0.3) is 0 Å². The Morgan fingerprint density at radius 2 is 1.74 bits per heavy atom. The molecule has 0 radical (unpaired) electrons. The van der Waals surface area contributed by atoms with Gasteiger partial charge in [0.15, 0.2) is 6.61 Å². The molecule has 0 aromatic heterocycles. The van der Waals surface area contributed by atoms with Crippen molar-refractivity contribution in [2.24, 2.45) is 0 Å². The van der Waals surface area contributed by atoms with Crippen LogP contribution < -0.4 is 4.74 Å². The maximum atomic E-state index is 12.9. The standard InChI is InChI=1S/C21H22F3N3O4/c22-21(23,24)15-31-17-6-7-19(27(29)30)18(14-17)20(28)26-12-10-25(11-13-26)9-8-16-4-2-1-3-5-16/h1-7,14H,8-13,15H2. The van der Waals surface area contributed by atoms with Crippen molar-refractivity contribution in [3.63, 3.8) is 0 Å². The zero-order valence-electron chi connectivity index (χ0n) is 16.7. The van der Waals surface area contributed by atoms with Crippen molar-refractivity contribution in [2.45, 2.75) is 12.6 Å². The van der Waals surface area contributed by atoms with Crippen LogP contribution in [0.3, 0.4) is 0 Å². The van der Waals surface area contributed by atoms with Crippen LogP contribution in [0.4, 0.5) is 18.9 Å². The molecule has 7 nitrogen and oxygen atoms in total. The Labute approximate surface area is 177 Å². The molecule has 166 valence electrons. The summed E-state index contributed by atoms with van der Waals surface area (Å²) in [7, 11) is 0. The third-order valence-corrected chi connectivity index (χ3v) is 5.02. The first kappa shape index (κ1) is 22.5. The van der Waals surface area contributed by atoms with Crippen LogP contribution in [0, 0.1) is 10.1 Å². The first-order chi connectivity index (χ1) is 14.7. The van der Waals surface area contributed by atoms with E-state index in [-0.39, 0.29) is 11.3 Å². The number of carbonyl (C=O) groups is 1. The van der Waals surface area contributed by atoms with Crippen molar-refractivity contribution >= 4 is 11.6 Å². The molecular formula is C21H22F3N3O4. The average molecular weight is 437 g/mol. The molecule has 0 bridgehead atoms. The molecule has 1 aliphatic rings. The lowest BCUT2D eigenvalue weighted by atomic mass is 10.1. The second-order valence-corrected chi connectivity index (χ2v) is 7.21. The van der Waals surface area contributed by atoms with Crippen molar-refractivity contribution in [3.8, 4) is 5.75 Å². The van der Waals surface area contributed by atoms with E-state index in [2.05, 4.69) is 9.64 Å². The number of ether oxygens (including phenoxy) is 1. The van der Waals surface area contributed by atoms with E-state index in [9.17, 15) is 28.1 Å². The van der Waals surface area contributed by atoms with Gasteiger partial charge in [-0.1, -0.05) is 30.3 Å². The topological polar surface area (TPSA) is 75.9 Å². The van der Waals surface area contributed by atoms with Gasteiger partial charge in [-0.05, 0) is 24.1 Å². The largest absolute Gasteiger partial charge is 0.484 e. The van der Waals surface area contributed by atoms with E-state index in [0.717, 1.165) is 31.2 Å². The van der Waals surface area contributed by atoms with E-state index in [0.29, 0.717) is 26.2 Å². The Balaban J connectivity index is 1.63. The Bertz CT molecular complexity index is 914. The summed E-state index contributed by atoms with van der Waals surface area (Å²) in [4.78, 5) is 27.2. The highest BCUT2D eigenvalue weighted by Gasteiger charge is 2.31. The van der Waals surface area contributed by atoms with Gasteiger partial charge in [-0.15, -0.1) is 0 Å². The van der Waals surface area contributed by atoms with Crippen LogP contribution in [0.1, 0.15) is 15.9 Å². The predicted octanol–water partition coefficient (Wildman–Crippen LogP) is 3.54. The number of hydrogen-bond donors (Lipinski definition) is 0. The molecule has 10 heteroatoms. The highest BCUT2D eigenvalue weighted by Crippen LogP contribution is 2.27. The second kappa shape index (κ2) is 9.78. The van der Waals surface area contributed by atoms with Crippen molar-refractivity contribution in [3.05, 3.63) is 69.8 Å². The highest BCUT2D eigenvalue weighted by atomic mass is 19.4. The summed E-state index contributed by atoms with van der Waals surface area (Å²) in [6, 6.07) is 13.1. The number of alkyl halides is 3. The van der Waals surface area contributed by atoms with Crippen LogP contribution in [0.2, 0.25) is 0 Å². The molecule has 2 aromatic rings. The van der Waals surface area contributed by atoms with Crippen LogP contribution >= 0.6 is 0 Å². The van der Waals surface area contributed by atoms with E-state index >= 15 is 0 Å². The van der Waals surface area contributed by atoms with E-state index in [1.54, 1.807) is 0 Å². The molecule has 1 amide bonds. The summed E-state index contributed by atoms with van der Waals surface area (Å²) >= 11 is 0. The quantitative estimate of drug-likeness (QED) is 0.489. The summed E-state index contributed by atoms with van der Waals surface area (Å²) < 4.78 is 41.8. The monoisotopic (exact) mass is 437 g/mol. The lowest BCUT2D eigenvalue weighted by molar-refractivity contribution is -0.385. The third-order valence-electron chi connectivity index (χ3n) is 5.02. The third kappa shape index (κ3) is 6.42. The lowest BCUT2D eigenvalue weighted by Gasteiger charge is -2.34. The number of rotatable bonds is 7. The van der Waals surface area contributed by atoms with Crippen molar-refractivity contribution in [1.82, 2.24) is 9.80 Å². The molecule has 0 saturated carbocycles. The maximum Gasteiger partial charge on any atom is 0.422 e. The number of carbonyl (C=O) groups excluding carboxylic acids is 1. The smallest absolute Gasteiger partial charge is 0.422 e. The number of amides is 1. The minimum absolute atomic E-state index is 0.243. The number of nitro groups is 1. The van der Waals surface area contributed by atoms with E-state index in [1.807, 2.05) is 30.3 Å². The maximum absolute atomic E-state index is 12.9. The molecule has 0 aliphatic carbocycles. The highest BCUT2D eigenvalue weighted by molar-refractivity contribution is 5.98. The fourth-order valence-electron chi connectivity index (χ4n) is 3.38. The number of halogens is 3. The zero-order valence-corrected chi connectivity index (χ0v) is 16.7. The molecule has 31 heavy (non-hydrogen) atoms. The number of nitro benzene ring substituents is 1. The summed E-state index contributed by atoms with van der Waals surface area (Å²) in [6.07, 6.45) is -3.68. The van der Waals surface area contributed by atoms with Gasteiger partial charge in [0.25, 0.3) is 11.6 Å². The van der Waals surface area contributed by atoms with Gasteiger partial charge in [0.1, 0.15) is 11.3 Å². The Morgan fingerprint density at radius 3 is 2.35 bits per heavy atom. The summed E-state index contributed by atoms with van der Waals surface area (Å²) in [5.74, 6) is -0.834.